The van der Waals surface area contributed by atoms with Crippen LogP contribution in [-0.2, 0) is 16.0 Å². The summed E-state index contributed by atoms with van der Waals surface area (Å²) in [6.07, 6.45) is 0.841. The van der Waals surface area contributed by atoms with Gasteiger partial charge in [-0.05, 0) is 43.2 Å². The van der Waals surface area contributed by atoms with E-state index in [-0.39, 0.29) is 18.2 Å². The fourth-order valence-electron chi connectivity index (χ4n) is 2.87. The lowest BCUT2D eigenvalue weighted by Gasteiger charge is -2.16. The first-order chi connectivity index (χ1) is 13.6. The molecule has 0 unspecified atom stereocenters. The third kappa shape index (κ3) is 5.36. The number of nitrogens with zero attached hydrogens (tertiary/aromatic N) is 2. The summed E-state index contributed by atoms with van der Waals surface area (Å²) in [5.41, 5.74) is 1.88. The number of benzene rings is 2. The summed E-state index contributed by atoms with van der Waals surface area (Å²) in [6, 6.07) is 17.1. The van der Waals surface area contributed by atoms with E-state index in [0.29, 0.717) is 29.7 Å². The highest BCUT2D eigenvalue weighted by Crippen LogP contribution is 2.31. The normalized spacial score (nSPS) is 17.9. The number of hydrogen-bond acceptors (Lipinski definition) is 4. The van der Waals surface area contributed by atoms with Gasteiger partial charge in [0.2, 0.25) is 11.8 Å². The van der Waals surface area contributed by atoms with E-state index >= 15 is 0 Å². The summed E-state index contributed by atoms with van der Waals surface area (Å²) in [5.74, 6) is -0.188. The van der Waals surface area contributed by atoms with Crippen LogP contribution in [-0.4, -0.2) is 40.2 Å². The van der Waals surface area contributed by atoms with Crippen LogP contribution in [0.5, 0.6) is 0 Å². The van der Waals surface area contributed by atoms with E-state index < -0.39 is 5.25 Å². The van der Waals surface area contributed by atoms with Crippen LogP contribution in [0.15, 0.2) is 59.6 Å². The second kappa shape index (κ2) is 9.75. The van der Waals surface area contributed by atoms with Gasteiger partial charge in [0, 0.05) is 24.5 Å². The van der Waals surface area contributed by atoms with Gasteiger partial charge in [0.1, 0.15) is 5.25 Å². The molecule has 2 amide bonds. The first-order valence-corrected chi connectivity index (χ1v) is 10.5. The molecule has 0 spiro atoms. The van der Waals surface area contributed by atoms with E-state index in [1.165, 1.54) is 11.8 Å². The summed E-state index contributed by atoms with van der Waals surface area (Å²) in [6.45, 7) is 2.92. The summed E-state index contributed by atoms with van der Waals surface area (Å²) >= 11 is 7.30. The van der Waals surface area contributed by atoms with Gasteiger partial charge in [0.05, 0.1) is 5.69 Å². The standard InChI is InChI=1S/C21H22ClN3O2S/c1-2-23-19(26)14-18-20(27)25(13-12-15-8-10-16(22)11-9-15)21(28-18)24-17-6-4-3-5-7-17/h3-11,18H,2,12-14H2,1H3,(H,23,26)/t18-/m0/s1. The van der Waals surface area contributed by atoms with Crippen molar-refractivity contribution in [3.63, 3.8) is 0 Å². The molecule has 0 saturated carbocycles. The molecule has 1 atom stereocenters. The van der Waals surface area contributed by atoms with E-state index in [2.05, 4.69) is 10.3 Å². The molecule has 28 heavy (non-hydrogen) atoms. The minimum atomic E-state index is -0.445. The summed E-state index contributed by atoms with van der Waals surface area (Å²) < 4.78 is 0. The third-order valence-corrected chi connectivity index (χ3v) is 5.71. The third-order valence-electron chi connectivity index (χ3n) is 4.28. The van der Waals surface area contributed by atoms with Crippen LogP contribution in [0.2, 0.25) is 5.02 Å². The molecule has 1 fully saturated rings. The van der Waals surface area contributed by atoms with Crippen molar-refractivity contribution in [2.24, 2.45) is 4.99 Å². The van der Waals surface area contributed by atoms with Gasteiger partial charge in [-0.25, -0.2) is 4.99 Å². The van der Waals surface area contributed by atoms with Crippen molar-refractivity contribution in [2.45, 2.75) is 25.0 Å². The maximum atomic E-state index is 12.9. The molecule has 1 heterocycles. The second-order valence-corrected chi connectivity index (χ2v) is 7.97. The number of thioether (sulfide) groups is 1. The molecule has 1 N–H and O–H groups in total. The van der Waals surface area contributed by atoms with Crippen molar-refractivity contribution in [2.75, 3.05) is 13.1 Å². The first kappa shape index (κ1) is 20.4. The molecule has 0 aliphatic carbocycles. The van der Waals surface area contributed by atoms with Crippen LogP contribution < -0.4 is 5.32 Å². The van der Waals surface area contributed by atoms with Gasteiger partial charge in [-0.15, -0.1) is 0 Å². The monoisotopic (exact) mass is 415 g/mol. The number of para-hydroxylation sites is 1. The average Bonchev–Trinajstić information content (AvgIpc) is 2.97. The lowest BCUT2D eigenvalue weighted by molar-refractivity contribution is -0.129. The molecular formula is C21H22ClN3O2S. The highest BCUT2D eigenvalue weighted by atomic mass is 35.5. The van der Waals surface area contributed by atoms with Crippen LogP contribution in [0.25, 0.3) is 0 Å². The fraction of sp³-hybridized carbons (Fsp3) is 0.286. The molecule has 146 valence electrons. The molecule has 3 rings (SSSR count). The SMILES string of the molecule is CCNC(=O)C[C@@H]1SC(=Nc2ccccc2)N(CCc2ccc(Cl)cc2)C1=O. The second-order valence-electron chi connectivity index (χ2n) is 6.36. The number of carbonyl (C=O) groups is 2. The molecule has 0 aromatic heterocycles. The highest BCUT2D eigenvalue weighted by Gasteiger charge is 2.38. The number of aliphatic imine (C=N–C) groups is 1. The Bertz CT molecular complexity index is 856. The molecule has 0 radical (unpaired) electrons. The lowest BCUT2D eigenvalue weighted by atomic mass is 10.1. The number of carbonyl (C=O) groups excluding carboxylic acids is 2. The lowest BCUT2D eigenvalue weighted by Crippen LogP contribution is -2.36. The van der Waals surface area contributed by atoms with Crippen LogP contribution in [0.1, 0.15) is 18.9 Å². The van der Waals surface area contributed by atoms with Gasteiger partial charge in [0.15, 0.2) is 5.17 Å². The zero-order valence-electron chi connectivity index (χ0n) is 15.6. The van der Waals surface area contributed by atoms with Gasteiger partial charge in [-0.1, -0.05) is 53.7 Å². The van der Waals surface area contributed by atoms with Gasteiger partial charge >= 0.3 is 0 Å². The van der Waals surface area contributed by atoms with Crippen LogP contribution in [0, 0.1) is 0 Å². The Morgan fingerprint density at radius 3 is 2.57 bits per heavy atom. The van der Waals surface area contributed by atoms with Crippen LogP contribution in [0.3, 0.4) is 0 Å². The minimum absolute atomic E-state index is 0.0695. The largest absolute Gasteiger partial charge is 0.356 e. The van der Waals surface area contributed by atoms with Gasteiger partial charge in [-0.2, -0.15) is 0 Å². The van der Waals surface area contributed by atoms with E-state index in [9.17, 15) is 9.59 Å². The van der Waals surface area contributed by atoms with E-state index in [0.717, 1.165) is 11.3 Å². The number of amides is 2. The topological polar surface area (TPSA) is 61.8 Å². The fourth-order valence-corrected chi connectivity index (χ4v) is 4.18. The van der Waals surface area contributed by atoms with E-state index in [1.54, 1.807) is 4.90 Å². The first-order valence-electron chi connectivity index (χ1n) is 9.19. The molecule has 7 heteroatoms. The quantitative estimate of drug-likeness (QED) is 0.742. The highest BCUT2D eigenvalue weighted by molar-refractivity contribution is 8.15. The number of nitrogens with one attached hydrogen (secondary N) is 1. The number of rotatable bonds is 7. The molecular weight excluding hydrogens is 394 g/mol. The number of amidine groups is 1. The minimum Gasteiger partial charge on any atom is -0.356 e. The number of halogens is 1. The summed E-state index contributed by atoms with van der Waals surface area (Å²) in [7, 11) is 0. The van der Waals surface area contributed by atoms with E-state index in [1.807, 2.05) is 61.5 Å². The Labute approximate surface area is 174 Å². The summed E-state index contributed by atoms with van der Waals surface area (Å²) in [5, 5.41) is 3.64. The molecule has 2 aromatic rings. The number of hydrogen-bond donors (Lipinski definition) is 1. The molecule has 1 aliphatic rings. The molecule has 5 nitrogen and oxygen atoms in total. The zero-order chi connectivity index (χ0) is 19.9. The average molecular weight is 416 g/mol. The maximum Gasteiger partial charge on any atom is 0.242 e. The van der Waals surface area contributed by atoms with E-state index in [4.69, 9.17) is 11.6 Å². The predicted octanol–water partition coefficient (Wildman–Crippen LogP) is 4.04. The Kier molecular flexibility index (Phi) is 7.12. The summed E-state index contributed by atoms with van der Waals surface area (Å²) in [4.78, 5) is 31.3. The molecule has 1 saturated heterocycles. The molecule has 1 aliphatic heterocycles. The van der Waals surface area contributed by atoms with Crippen molar-refractivity contribution in [3.8, 4) is 0 Å². The van der Waals surface area contributed by atoms with Crippen molar-refractivity contribution in [3.05, 3.63) is 65.2 Å². The van der Waals surface area contributed by atoms with Gasteiger partial charge in [0.25, 0.3) is 0 Å². The van der Waals surface area contributed by atoms with Crippen molar-refractivity contribution >= 4 is 46.0 Å². The Morgan fingerprint density at radius 1 is 1.18 bits per heavy atom. The van der Waals surface area contributed by atoms with Crippen molar-refractivity contribution in [1.82, 2.24) is 10.2 Å². The maximum absolute atomic E-state index is 12.9. The zero-order valence-corrected chi connectivity index (χ0v) is 17.2. The van der Waals surface area contributed by atoms with Crippen LogP contribution >= 0.6 is 23.4 Å². The van der Waals surface area contributed by atoms with Gasteiger partial charge in [-0.3, -0.25) is 14.5 Å². The molecule has 0 bridgehead atoms. The van der Waals surface area contributed by atoms with Crippen molar-refractivity contribution in [1.29, 1.82) is 0 Å². The predicted molar refractivity (Wildman–Crippen MR) is 115 cm³/mol. The Hall–Kier alpha value is -2.31. The smallest absolute Gasteiger partial charge is 0.242 e. The van der Waals surface area contributed by atoms with Crippen molar-refractivity contribution < 1.29 is 9.59 Å². The Balaban J connectivity index is 1.77. The van der Waals surface area contributed by atoms with Crippen LogP contribution in [0.4, 0.5) is 5.69 Å². The van der Waals surface area contributed by atoms with Gasteiger partial charge < -0.3 is 5.32 Å². The Morgan fingerprint density at radius 2 is 1.89 bits per heavy atom. The molecule has 2 aromatic carbocycles.